The van der Waals surface area contributed by atoms with Crippen molar-refractivity contribution in [1.82, 2.24) is 4.57 Å². The fourth-order valence-electron chi connectivity index (χ4n) is 3.62. The van der Waals surface area contributed by atoms with E-state index in [4.69, 9.17) is 9.47 Å². The van der Waals surface area contributed by atoms with Crippen molar-refractivity contribution in [2.45, 2.75) is 64.0 Å². The van der Waals surface area contributed by atoms with Crippen LogP contribution in [0.3, 0.4) is 0 Å². The van der Waals surface area contributed by atoms with Gasteiger partial charge >= 0.3 is 11.9 Å². The van der Waals surface area contributed by atoms with Gasteiger partial charge in [-0.15, -0.1) is 0 Å². The number of ether oxygens (including phenoxy) is 2. The van der Waals surface area contributed by atoms with Crippen LogP contribution in [0.1, 0.15) is 39.2 Å². The Kier molecular flexibility index (Phi) is 5.16. The van der Waals surface area contributed by atoms with E-state index >= 15 is 0 Å². The van der Waals surface area contributed by atoms with E-state index in [1.807, 2.05) is 34.9 Å². The maximum Gasteiger partial charge on any atom is 0.310 e. The second-order valence-corrected chi connectivity index (χ2v) is 14.5. The summed E-state index contributed by atoms with van der Waals surface area (Å²) in [5, 5.41) is -0.00301. The maximum atomic E-state index is 13.1. The van der Waals surface area contributed by atoms with Gasteiger partial charge in [-0.25, -0.2) is 0 Å². The zero-order chi connectivity index (χ0) is 20.7. The Balaban J connectivity index is 1.67. The second kappa shape index (κ2) is 7.03. The van der Waals surface area contributed by atoms with E-state index in [1.54, 1.807) is 0 Å². The molecule has 3 rings (SSSR count). The minimum absolute atomic E-state index is 0.00301. The lowest BCUT2D eigenvalue weighted by Gasteiger charge is -2.58. The van der Waals surface area contributed by atoms with Crippen LogP contribution in [0.4, 0.5) is 0 Å². The van der Waals surface area contributed by atoms with Crippen LogP contribution < -0.4 is 0 Å². The molecule has 2 heterocycles. The zero-order valence-corrected chi connectivity index (χ0v) is 18.3. The minimum atomic E-state index is -2.05. The Hall–Kier alpha value is -2.15. The number of carbonyl (C=O) groups is 3. The van der Waals surface area contributed by atoms with Crippen LogP contribution in [0.25, 0.3) is 0 Å². The minimum Gasteiger partial charge on any atom is -0.461 e. The highest BCUT2D eigenvalue weighted by atomic mass is 28.3. The SMILES string of the molecule is CC(C)(C)[Si](C)(C)N1C[C@@]2(C[C@H](C(=O)OCc3ccccc3)CC(=O)O2)C1=O. The van der Waals surface area contributed by atoms with Gasteiger partial charge in [-0.05, 0) is 10.6 Å². The number of benzene rings is 1. The van der Waals surface area contributed by atoms with E-state index < -0.39 is 31.7 Å². The average Bonchev–Trinajstić information content (AvgIpc) is 2.63. The van der Waals surface area contributed by atoms with Crippen molar-refractivity contribution < 1.29 is 23.9 Å². The van der Waals surface area contributed by atoms with Crippen molar-refractivity contribution in [3.63, 3.8) is 0 Å². The third-order valence-corrected chi connectivity index (χ3v) is 11.8. The van der Waals surface area contributed by atoms with Gasteiger partial charge in [0, 0.05) is 6.42 Å². The van der Waals surface area contributed by atoms with Crippen molar-refractivity contribution in [2.24, 2.45) is 5.92 Å². The molecule has 0 aromatic heterocycles. The zero-order valence-electron chi connectivity index (χ0n) is 17.3. The van der Waals surface area contributed by atoms with Crippen LogP contribution >= 0.6 is 0 Å². The molecule has 2 aliphatic rings. The molecule has 152 valence electrons. The van der Waals surface area contributed by atoms with Gasteiger partial charge in [-0.3, -0.25) is 14.4 Å². The number of hydrogen-bond donors (Lipinski definition) is 0. The van der Waals surface area contributed by atoms with Crippen LogP contribution in [0, 0.1) is 5.92 Å². The highest BCUT2D eigenvalue weighted by molar-refractivity contribution is 6.80. The molecule has 6 nitrogen and oxygen atoms in total. The number of amides is 1. The lowest BCUT2D eigenvalue weighted by molar-refractivity contribution is -0.202. The molecule has 7 heteroatoms. The number of esters is 2. The Morgan fingerprint density at radius 2 is 1.89 bits per heavy atom. The van der Waals surface area contributed by atoms with Crippen molar-refractivity contribution in [3.8, 4) is 0 Å². The number of β-lactam (4-membered cyclic amide) rings is 1. The summed E-state index contributed by atoms with van der Waals surface area (Å²) in [5.74, 6) is -1.75. The van der Waals surface area contributed by atoms with Gasteiger partial charge in [0.1, 0.15) is 6.61 Å². The number of rotatable bonds is 4. The highest BCUT2D eigenvalue weighted by Gasteiger charge is 2.64. The van der Waals surface area contributed by atoms with E-state index in [2.05, 4.69) is 33.9 Å². The molecular formula is C21H29NO5Si. The molecule has 0 bridgehead atoms. The van der Waals surface area contributed by atoms with Gasteiger partial charge < -0.3 is 14.0 Å². The number of carbonyl (C=O) groups excluding carboxylic acids is 3. The summed E-state index contributed by atoms with van der Waals surface area (Å²) in [6.07, 6.45) is 0.166. The van der Waals surface area contributed by atoms with Gasteiger partial charge in [0.05, 0.1) is 18.9 Å². The molecule has 2 saturated heterocycles. The lowest BCUT2D eigenvalue weighted by atomic mass is 9.81. The van der Waals surface area contributed by atoms with Crippen molar-refractivity contribution in [2.75, 3.05) is 6.54 Å². The van der Waals surface area contributed by atoms with Crippen LogP contribution in [-0.4, -0.2) is 42.8 Å². The third-order valence-electron chi connectivity index (χ3n) is 6.41. The highest BCUT2D eigenvalue weighted by Crippen LogP contribution is 2.47. The summed E-state index contributed by atoms with van der Waals surface area (Å²) in [6, 6.07) is 9.38. The summed E-state index contributed by atoms with van der Waals surface area (Å²) >= 11 is 0. The molecule has 0 radical (unpaired) electrons. The summed E-state index contributed by atoms with van der Waals surface area (Å²) in [5.41, 5.74) is -0.311. The molecule has 0 N–H and O–H groups in total. The molecule has 1 aromatic rings. The predicted molar refractivity (Wildman–Crippen MR) is 107 cm³/mol. The van der Waals surface area contributed by atoms with E-state index in [0.717, 1.165) is 5.56 Å². The second-order valence-electron chi connectivity index (χ2n) is 9.37. The van der Waals surface area contributed by atoms with E-state index in [0.29, 0.717) is 6.54 Å². The molecule has 1 spiro atoms. The van der Waals surface area contributed by atoms with Gasteiger partial charge in [0.25, 0.3) is 5.91 Å². The average molecular weight is 404 g/mol. The Morgan fingerprint density at radius 1 is 1.25 bits per heavy atom. The Morgan fingerprint density at radius 3 is 2.46 bits per heavy atom. The molecule has 0 saturated carbocycles. The normalized spacial score (nSPS) is 25.3. The van der Waals surface area contributed by atoms with Crippen LogP contribution in [0.15, 0.2) is 30.3 Å². The molecule has 2 atom stereocenters. The molecular weight excluding hydrogens is 374 g/mol. The standard InChI is InChI=1S/C21H29NO5Si/c1-20(2,3)28(4,5)22-14-21(19(22)25)12-16(11-17(23)27-21)18(24)26-13-15-9-7-6-8-10-15/h6-10,16H,11-14H2,1-5H3/t16-,21+/m1/s1. The van der Waals surface area contributed by atoms with Gasteiger partial charge in [-0.1, -0.05) is 64.2 Å². The van der Waals surface area contributed by atoms with Gasteiger partial charge in [0.2, 0.25) is 5.60 Å². The van der Waals surface area contributed by atoms with E-state index in [1.165, 1.54) is 0 Å². The number of hydrogen-bond acceptors (Lipinski definition) is 5. The first kappa shape index (κ1) is 20.6. The predicted octanol–water partition coefficient (Wildman–Crippen LogP) is 3.27. The fraction of sp³-hybridized carbons (Fsp3) is 0.571. The van der Waals surface area contributed by atoms with Gasteiger partial charge in [-0.2, -0.15) is 0 Å². The Labute approximate surface area is 167 Å². The third kappa shape index (κ3) is 3.59. The van der Waals surface area contributed by atoms with E-state index in [-0.39, 0.29) is 30.4 Å². The van der Waals surface area contributed by atoms with Crippen molar-refractivity contribution >= 4 is 26.1 Å². The maximum absolute atomic E-state index is 13.1. The summed E-state index contributed by atoms with van der Waals surface area (Å²) in [6.45, 7) is 11.2. The summed E-state index contributed by atoms with van der Waals surface area (Å²) < 4.78 is 12.8. The van der Waals surface area contributed by atoms with Crippen LogP contribution in [-0.2, 0) is 30.5 Å². The molecule has 1 aromatic carbocycles. The quantitative estimate of drug-likeness (QED) is 0.438. The lowest BCUT2D eigenvalue weighted by Crippen LogP contribution is -2.77. The topological polar surface area (TPSA) is 72.9 Å². The number of nitrogens with zero attached hydrogens (tertiary/aromatic N) is 1. The summed E-state index contributed by atoms with van der Waals surface area (Å²) in [4.78, 5) is 37.8. The molecule has 1 amide bonds. The van der Waals surface area contributed by atoms with Gasteiger partial charge in [0.15, 0.2) is 8.24 Å². The first-order valence-corrected chi connectivity index (χ1v) is 12.7. The summed E-state index contributed by atoms with van der Waals surface area (Å²) in [7, 11) is -2.05. The molecule has 2 fully saturated rings. The smallest absolute Gasteiger partial charge is 0.310 e. The first-order valence-electron chi connectivity index (χ1n) is 9.71. The van der Waals surface area contributed by atoms with Crippen LogP contribution in [0.2, 0.25) is 18.1 Å². The van der Waals surface area contributed by atoms with Crippen molar-refractivity contribution in [1.29, 1.82) is 0 Å². The van der Waals surface area contributed by atoms with Crippen molar-refractivity contribution in [3.05, 3.63) is 35.9 Å². The molecule has 2 aliphatic heterocycles. The molecule has 0 aliphatic carbocycles. The Bertz CT molecular complexity index is 786. The largest absolute Gasteiger partial charge is 0.461 e. The molecule has 28 heavy (non-hydrogen) atoms. The van der Waals surface area contributed by atoms with E-state index in [9.17, 15) is 14.4 Å². The first-order chi connectivity index (χ1) is 13.0. The van der Waals surface area contributed by atoms with Crippen LogP contribution in [0.5, 0.6) is 0 Å². The monoisotopic (exact) mass is 403 g/mol. The fourth-order valence-corrected chi connectivity index (χ4v) is 5.79. The molecule has 0 unspecified atom stereocenters.